The topological polar surface area (TPSA) is 87.0 Å². The highest BCUT2D eigenvalue weighted by Gasteiger charge is 2.28. The molecule has 29 heavy (non-hydrogen) atoms. The number of fused-ring (bicyclic) bond motifs is 2. The molecule has 0 bridgehead atoms. The molecule has 1 fully saturated rings. The minimum absolute atomic E-state index is 0.292. The fraction of sp³-hybridized carbons (Fsp3) is 0.524. The van der Waals surface area contributed by atoms with Gasteiger partial charge in [-0.2, -0.15) is 6.57 Å². The molecule has 7 nitrogen and oxygen atoms in total. The van der Waals surface area contributed by atoms with E-state index < -0.39 is 15.9 Å². The molecule has 2 aliphatic carbocycles. The van der Waals surface area contributed by atoms with Gasteiger partial charge >= 0.3 is 6.03 Å². The zero-order valence-corrected chi connectivity index (χ0v) is 17.5. The predicted octanol–water partition coefficient (Wildman–Crippen LogP) is 3.66. The number of rotatable bonds is 4. The smallest absolute Gasteiger partial charge is 0.308 e. The summed E-state index contributed by atoms with van der Waals surface area (Å²) < 4.78 is 19.0. The van der Waals surface area contributed by atoms with Crippen LogP contribution in [-0.2, 0) is 35.6 Å². The zero-order chi connectivity index (χ0) is 20.5. The Kier molecular flexibility index (Phi) is 5.36. The van der Waals surface area contributed by atoms with Gasteiger partial charge in [-0.15, -0.1) is 4.95 Å². The van der Waals surface area contributed by atoms with E-state index in [1.807, 2.05) is 6.92 Å². The predicted molar refractivity (Wildman–Crippen MR) is 115 cm³/mol. The molecular formula is C21H27N5O2S. The lowest BCUT2D eigenvalue weighted by molar-refractivity contribution is 0.257. The summed E-state index contributed by atoms with van der Waals surface area (Å²) in [7, 11) is -3.32. The van der Waals surface area contributed by atoms with Crippen LogP contribution in [0.25, 0.3) is 4.95 Å². The minimum Gasteiger partial charge on any atom is -0.308 e. The Bertz CT molecular complexity index is 992. The summed E-state index contributed by atoms with van der Waals surface area (Å²) in [4.78, 5) is 15.7. The maximum absolute atomic E-state index is 13.1. The maximum atomic E-state index is 13.1. The van der Waals surface area contributed by atoms with Crippen LogP contribution in [0, 0.1) is 6.57 Å². The molecule has 0 spiro atoms. The monoisotopic (exact) mass is 413 g/mol. The first-order chi connectivity index (χ1) is 13.9. The second-order valence-electron chi connectivity index (χ2n) is 8.29. The molecule has 154 valence electrons. The third-order valence-electron chi connectivity index (χ3n) is 6.13. The highest BCUT2D eigenvalue weighted by molar-refractivity contribution is 7.95. The third kappa shape index (κ3) is 4.16. The van der Waals surface area contributed by atoms with Gasteiger partial charge in [-0.1, -0.05) is 12.1 Å². The zero-order valence-electron chi connectivity index (χ0n) is 16.7. The van der Waals surface area contributed by atoms with Crippen molar-refractivity contribution in [3.8, 4) is 0 Å². The van der Waals surface area contributed by atoms with Crippen molar-refractivity contribution in [1.29, 1.82) is 0 Å². The fourth-order valence-electron chi connectivity index (χ4n) is 4.68. The number of hydrogen-bond donors (Lipinski definition) is 3. The standard InChI is InChI=1S/C21H27N5O2S/c1-21(10-5-12-23-21)11-13-29(28,26-22-2)25-20(27)24-19-17-8-3-6-15(17)14-16-7-4-9-18(16)19/h11,13-14,23H,3-10,12H2,1H3,(H2,24,25,26,27,28)/b13-11+/t21-,29?/m1/s1. The molecule has 2 atom stereocenters. The summed E-state index contributed by atoms with van der Waals surface area (Å²) in [6.45, 7) is 9.91. The number of anilines is 1. The van der Waals surface area contributed by atoms with Crippen LogP contribution in [0.2, 0.25) is 0 Å². The van der Waals surface area contributed by atoms with Crippen molar-refractivity contribution in [3.63, 3.8) is 0 Å². The van der Waals surface area contributed by atoms with E-state index in [2.05, 4.69) is 30.8 Å². The number of carbonyl (C=O) groups excluding carboxylic acids is 1. The molecule has 1 heterocycles. The number of carbonyl (C=O) groups is 1. The number of nitrogens with one attached hydrogen (secondary N) is 3. The van der Waals surface area contributed by atoms with Crippen LogP contribution in [0.15, 0.2) is 22.0 Å². The largest absolute Gasteiger partial charge is 0.332 e. The van der Waals surface area contributed by atoms with Gasteiger partial charge in [-0.3, -0.25) is 0 Å². The molecule has 1 aliphatic heterocycles. The van der Waals surface area contributed by atoms with Crippen molar-refractivity contribution in [2.75, 3.05) is 11.9 Å². The van der Waals surface area contributed by atoms with Gasteiger partial charge in [-0.05, 0) is 87.1 Å². The van der Waals surface area contributed by atoms with Gasteiger partial charge in [0.15, 0.2) is 4.47 Å². The second kappa shape index (κ2) is 7.81. The summed E-state index contributed by atoms with van der Waals surface area (Å²) in [6, 6.07) is 1.72. The van der Waals surface area contributed by atoms with Gasteiger partial charge < -0.3 is 10.6 Å². The Morgan fingerprint density at radius 3 is 2.52 bits per heavy atom. The van der Waals surface area contributed by atoms with E-state index in [0.29, 0.717) is 0 Å². The Labute approximate surface area is 172 Å². The number of nitrogens with zero attached hydrogens (tertiary/aromatic N) is 2. The lowest BCUT2D eigenvalue weighted by Gasteiger charge is -2.19. The van der Waals surface area contributed by atoms with Crippen LogP contribution in [0.5, 0.6) is 0 Å². The van der Waals surface area contributed by atoms with E-state index >= 15 is 0 Å². The van der Waals surface area contributed by atoms with E-state index in [-0.39, 0.29) is 5.54 Å². The highest BCUT2D eigenvalue weighted by Crippen LogP contribution is 2.38. The van der Waals surface area contributed by atoms with Gasteiger partial charge in [0, 0.05) is 16.6 Å². The first kappa shape index (κ1) is 19.9. The van der Waals surface area contributed by atoms with Gasteiger partial charge in [0.2, 0.25) is 9.92 Å². The molecule has 0 aromatic heterocycles. The SMILES string of the molecule is [C-]#[N+]N=S(=O)(/C=C/[C@@]1(C)CCCN1)NC(=O)Nc1c2c(cc3c1CCC3)CCC2. The molecule has 0 saturated carbocycles. The van der Waals surface area contributed by atoms with Gasteiger partial charge in [0.25, 0.3) is 0 Å². The van der Waals surface area contributed by atoms with E-state index in [1.165, 1.54) is 27.7 Å². The van der Waals surface area contributed by atoms with Crippen molar-refractivity contribution in [2.45, 2.75) is 63.8 Å². The number of aryl methyl sites for hydroxylation is 2. The normalized spacial score (nSPS) is 24.6. The molecule has 8 heteroatoms. The Morgan fingerprint density at radius 1 is 1.24 bits per heavy atom. The molecule has 1 unspecified atom stereocenters. The molecule has 2 amide bonds. The summed E-state index contributed by atoms with van der Waals surface area (Å²) in [6.07, 6.45) is 9.85. The number of benzene rings is 1. The van der Waals surface area contributed by atoms with E-state index in [0.717, 1.165) is 63.6 Å². The summed E-state index contributed by atoms with van der Waals surface area (Å²) in [5, 5.41) is 7.65. The first-order valence-corrected chi connectivity index (χ1v) is 11.8. The number of hydrogen-bond acceptors (Lipinski definition) is 4. The lowest BCUT2D eigenvalue weighted by Crippen LogP contribution is -2.36. The fourth-order valence-corrected chi connectivity index (χ4v) is 5.77. The van der Waals surface area contributed by atoms with Crippen molar-refractivity contribution in [2.24, 2.45) is 4.47 Å². The molecule has 1 aromatic carbocycles. The summed E-state index contributed by atoms with van der Waals surface area (Å²) >= 11 is 0. The van der Waals surface area contributed by atoms with E-state index in [9.17, 15) is 9.00 Å². The van der Waals surface area contributed by atoms with Crippen molar-refractivity contribution in [1.82, 2.24) is 10.0 Å². The molecular weight excluding hydrogens is 386 g/mol. The Hall–Kier alpha value is -2.37. The van der Waals surface area contributed by atoms with Crippen molar-refractivity contribution < 1.29 is 9.00 Å². The van der Waals surface area contributed by atoms with Crippen LogP contribution in [0.4, 0.5) is 10.5 Å². The third-order valence-corrected chi connectivity index (χ3v) is 7.44. The van der Waals surface area contributed by atoms with Gasteiger partial charge in [0.05, 0.1) is 0 Å². The molecule has 0 radical (unpaired) electrons. The number of urea groups is 1. The lowest BCUT2D eigenvalue weighted by atomic mass is 9.99. The van der Waals surface area contributed by atoms with Crippen LogP contribution in [0.3, 0.4) is 0 Å². The maximum Gasteiger partial charge on any atom is 0.332 e. The number of amides is 2. The van der Waals surface area contributed by atoms with Crippen LogP contribution in [-0.4, -0.2) is 22.3 Å². The van der Waals surface area contributed by atoms with Gasteiger partial charge in [0.1, 0.15) is 0 Å². The average Bonchev–Trinajstić information content (AvgIpc) is 3.41. The molecule has 1 aromatic rings. The summed E-state index contributed by atoms with van der Waals surface area (Å²) in [5.41, 5.74) is 5.61. The first-order valence-electron chi connectivity index (χ1n) is 10.2. The Balaban J connectivity index is 1.56. The van der Waals surface area contributed by atoms with Crippen molar-refractivity contribution in [3.05, 3.63) is 51.3 Å². The van der Waals surface area contributed by atoms with Crippen LogP contribution >= 0.6 is 0 Å². The highest BCUT2D eigenvalue weighted by atomic mass is 32.2. The van der Waals surface area contributed by atoms with Gasteiger partial charge in [-0.25, -0.2) is 13.7 Å². The second-order valence-corrected chi connectivity index (χ2v) is 10.1. The van der Waals surface area contributed by atoms with Crippen LogP contribution < -0.4 is 15.4 Å². The van der Waals surface area contributed by atoms with Crippen molar-refractivity contribution >= 4 is 21.6 Å². The van der Waals surface area contributed by atoms with E-state index in [4.69, 9.17) is 6.57 Å². The van der Waals surface area contributed by atoms with E-state index in [1.54, 1.807) is 6.08 Å². The molecule has 4 rings (SSSR count). The minimum atomic E-state index is -3.32. The quantitative estimate of drug-likeness (QED) is 0.520. The molecule has 3 N–H and O–H groups in total. The molecule has 1 saturated heterocycles. The van der Waals surface area contributed by atoms with Crippen LogP contribution in [0.1, 0.15) is 54.9 Å². The summed E-state index contributed by atoms with van der Waals surface area (Å²) in [5.74, 6) is 0. The average molecular weight is 414 g/mol. The molecule has 3 aliphatic rings. The Morgan fingerprint density at radius 2 is 1.93 bits per heavy atom.